The molecule has 0 heterocycles. The Morgan fingerprint density at radius 2 is 1.73 bits per heavy atom. The van der Waals surface area contributed by atoms with Crippen LogP contribution in [0, 0.1) is 0 Å². The van der Waals surface area contributed by atoms with Gasteiger partial charge in [0.25, 0.3) is 0 Å². The van der Waals surface area contributed by atoms with Crippen LogP contribution < -0.4 is 0 Å². The molecule has 2 aromatic rings. The van der Waals surface area contributed by atoms with Gasteiger partial charge >= 0.3 is 5.97 Å². The minimum absolute atomic E-state index is 0.408. The molecule has 0 fully saturated rings. The molecule has 0 aliphatic rings. The van der Waals surface area contributed by atoms with Crippen molar-refractivity contribution in [2.24, 2.45) is 0 Å². The van der Waals surface area contributed by atoms with Gasteiger partial charge in [0.2, 0.25) is 0 Å². The standard InChI is InChI=1S/C18H18O3S/c1-20-12-16(18(19)21-2)15-10-6-7-11-17(15)22-13-14-8-4-3-5-9-14/h3-12H,13H2,1-2H3. The monoisotopic (exact) mass is 314 g/mol. The number of esters is 1. The van der Waals surface area contributed by atoms with Gasteiger partial charge in [-0.05, 0) is 11.6 Å². The molecule has 0 spiro atoms. The first kappa shape index (κ1) is 16.2. The largest absolute Gasteiger partial charge is 0.503 e. The fraction of sp³-hybridized carbons (Fsp3) is 0.167. The molecule has 0 amide bonds. The quantitative estimate of drug-likeness (QED) is 0.347. The van der Waals surface area contributed by atoms with E-state index in [0.29, 0.717) is 5.57 Å². The van der Waals surface area contributed by atoms with Gasteiger partial charge in [-0.2, -0.15) is 0 Å². The topological polar surface area (TPSA) is 35.5 Å². The predicted molar refractivity (Wildman–Crippen MR) is 89.4 cm³/mol. The molecule has 0 aromatic heterocycles. The van der Waals surface area contributed by atoms with E-state index in [-0.39, 0.29) is 0 Å². The molecule has 2 rings (SSSR count). The third-order valence-electron chi connectivity index (χ3n) is 3.06. The van der Waals surface area contributed by atoms with Crippen LogP contribution in [-0.2, 0) is 20.0 Å². The number of rotatable bonds is 6. The molecular weight excluding hydrogens is 296 g/mol. The third kappa shape index (κ3) is 4.15. The number of thioether (sulfide) groups is 1. The molecule has 22 heavy (non-hydrogen) atoms. The average Bonchev–Trinajstić information content (AvgIpc) is 2.58. The van der Waals surface area contributed by atoms with Gasteiger partial charge in [-0.15, -0.1) is 11.8 Å². The van der Waals surface area contributed by atoms with E-state index < -0.39 is 5.97 Å². The predicted octanol–water partition coefficient (Wildman–Crippen LogP) is 4.14. The molecule has 0 aliphatic carbocycles. The van der Waals surface area contributed by atoms with E-state index in [0.717, 1.165) is 16.2 Å². The van der Waals surface area contributed by atoms with E-state index in [1.54, 1.807) is 11.8 Å². The van der Waals surface area contributed by atoms with Gasteiger partial charge in [-0.25, -0.2) is 4.79 Å². The maximum atomic E-state index is 11.9. The molecule has 3 nitrogen and oxygen atoms in total. The Labute approximate surface area is 135 Å². The van der Waals surface area contributed by atoms with Crippen molar-refractivity contribution >= 4 is 23.3 Å². The second kappa shape index (κ2) is 8.29. The summed E-state index contributed by atoms with van der Waals surface area (Å²) in [4.78, 5) is 13.0. The number of ether oxygens (including phenoxy) is 2. The zero-order valence-electron chi connectivity index (χ0n) is 12.6. The van der Waals surface area contributed by atoms with Crippen molar-refractivity contribution in [3.63, 3.8) is 0 Å². The molecular formula is C18H18O3S. The van der Waals surface area contributed by atoms with Crippen molar-refractivity contribution in [3.05, 3.63) is 72.0 Å². The maximum Gasteiger partial charge on any atom is 0.341 e. The average molecular weight is 314 g/mol. The van der Waals surface area contributed by atoms with Crippen molar-refractivity contribution in [1.82, 2.24) is 0 Å². The normalized spacial score (nSPS) is 11.1. The Bertz CT molecular complexity index is 650. The highest BCUT2D eigenvalue weighted by molar-refractivity contribution is 7.98. The molecule has 0 aliphatic heterocycles. The van der Waals surface area contributed by atoms with Crippen LogP contribution in [0.25, 0.3) is 5.57 Å². The lowest BCUT2D eigenvalue weighted by Gasteiger charge is -2.11. The van der Waals surface area contributed by atoms with E-state index in [2.05, 4.69) is 12.1 Å². The number of benzene rings is 2. The first-order valence-corrected chi connectivity index (χ1v) is 7.82. The molecule has 2 aromatic carbocycles. The maximum absolute atomic E-state index is 11.9. The van der Waals surface area contributed by atoms with E-state index in [4.69, 9.17) is 9.47 Å². The van der Waals surface area contributed by atoms with Crippen LogP contribution in [0.3, 0.4) is 0 Å². The van der Waals surface area contributed by atoms with E-state index in [9.17, 15) is 4.79 Å². The molecule has 0 N–H and O–H groups in total. The third-order valence-corrected chi connectivity index (χ3v) is 4.20. The summed E-state index contributed by atoms with van der Waals surface area (Å²) in [7, 11) is 2.88. The minimum Gasteiger partial charge on any atom is -0.503 e. The SMILES string of the molecule is COC=C(C(=O)OC)c1ccccc1SCc1ccccc1. The van der Waals surface area contributed by atoms with Crippen molar-refractivity contribution in [2.75, 3.05) is 14.2 Å². The highest BCUT2D eigenvalue weighted by Gasteiger charge is 2.16. The van der Waals surface area contributed by atoms with Gasteiger partial charge in [0, 0.05) is 16.2 Å². The number of carbonyl (C=O) groups excluding carboxylic acids is 1. The van der Waals surface area contributed by atoms with E-state index >= 15 is 0 Å². The summed E-state index contributed by atoms with van der Waals surface area (Å²) < 4.78 is 9.87. The Kier molecular flexibility index (Phi) is 6.10. The van der Waals surface area contributed by atoms with Gasteiger partial charge in [-0.1, -0.05) is 48.5 Å². The number of hydrogen-bond acceptors (Lipinski definition) is 4. The lowest BCUT2D eigenvalue weighted by molar-refractivity contribution is -0.133. The zero-order valence-corrected chi connectivity index (χ0v) is 13.4. The van der Waals surface area contributed by atoms with Crippen LogP contribution in [0.15, 0.2) is 65.8 Å². The van der Waals surface area contributed by atoms with Crippen LogP contribution in [0.4, 0.5) is 0 Å². The first-order chi connectivity index (χ1) is 10.8. The molecule has 0 bridgehead atoms. The van der Waals surface area contributed by atoms with Gasteiger partial charge in [-0.3, -0.25) is 0 Å². The second-order valence-electron chi connectivity index (χ2n) is 4.53. The fourth-order valence-corrected chi connectivity index (χ4v) is 3.02. The summed E-state index contributed by atoms with van der Waals surface area (Å²) in [6.07, 6.45) is 1.42. The van der Waals surface area contributed by atoms with Crippen molar-refractivity contribution in [3.8, 4) is 0 Å². The van der Waals surface area contributed by atoms with E-state index in [1.807, 2.05) is 42.5 Å². The lowest BCUT2D eigenvalue weighted by atomic mass is 10.1. The second-order valence-corrected chi connectivity index (χ2v) is 5.55. The summed E-state index contributed by atoms with van der Waals surface area (Å²) in [6.45, 7) is 0. The number of hydrogen-bond donors (Lipinski definition) is 0. The lowest BCUT2D eigenvalue weighted by Crippen LogP contribution is -2.05. The van der Waals surface area contributed by atoms with Gasteiger partial charge in [0.15, 0.2) is 0 Å². The minimum atomic E-state index is -0.408. The molecule has 114 valence electrons. The van der Waals surface area contributed by atoms with Crippen LogP contribution in [0.5, 0.6) is 0 Å². The fourth-order valence-electron chi connectivity index (χ4n) is 2.00. The molecule has 0 unspecified atom stereocenters. The Hall–Kier alpha value is -2.20. The molecule has 4 heteroatoms. The van der Waals surface area contributed by atoms with Crippen molar-refractivity contribution < 1.29 is 14.3 Å². The van der Waals surface area contributed by atoms with Gasteiger partial charge < -0.3 is 9.47 Å². The Morgan fingerprint density at radius 3 is 2.41 bits per heavy atom. The highest BCUT2D eigenvalue weighted by Crippen LogP contribution is 2.31. The summed E-state index contributed by atoms with van der Waals surface area (Å²) in [5, 5.41) is 0. The van der Waals surface area contributed by atoms with Gasteiger partial charge in [0.1, 0.15) is 5.57 Å². The summed E-state index contributed by atoms with van der Waals surface area (Å²) >= 11 is 1.68. The van der Waals surface area contributed by atoms with Crippen LogP contribution in [0.1, 0.15) is 11.1 Å². The summed E-state index contributed by atoms with van der Waals surface area (Å²) in [5.74, 6) is 0.425. The van der Waals surface area contributed by atoms with Crippen LogP contribution >= 0.6 is 11.8 Å². The van der Waals surface area contributed by atoms with Gasteiger partial charge in [0.05, 0.1) is 20.5 Å². The molecule has 0 radical (unpaired) electrons. The Balaban J connectivity index is 2.26. The summed E-state index contributed by atoms with van der Waals surface area (Å²) in [6, 6.07) is 18.0. The van der Waals surface area contributed by atoms with Crippen molar-refractivity contribution in [1.29, 1.82) is 0 Å². The number of carbonyl (C=O) groups is 1. The van der Waals surface area contributed by atoms with Crippen molar-refractivity contribution in [2.45, 2.75) is 10.6 Å². The summed E-state index contributed by atoms with van der Waals surface area (Å²) in [5.41, 5.74) is 2.47. The number of methoxy groups -OCH3 is 2. The smallest absolute Gasteiger partial charge is 0.341 e. The van der Waals surface area contributed by atoms with E-state index in [1.165, 1.54) is 26.0 Å². The first-order valence-electron chi connectivity index (χ1n) is 6.83. The highest BCUT2D eigenvalue weighted by atomic mass is 32.2. The van der Waals surface area contributed by atoms with Crippen LogP contribution in [0.2, 0.25) is 0 Å². The Morgan fingerprint density at radius 1 is 1.05 bits per heavy atom. The molecule has 0 saturated heterocycles. The van der Waals surface area contributed by atoms with Crippen LogP contribution in [-0.4, -0.2) is 20.2 Å². The zero-order chi connectivity index (χ0) is 15.8. The molecule has 0 saturated carbocycles. The molecule has 0 atom stereocenters.